The van der Waals surface area contributed by atoms with Crippen molar-refractivity contribution in [3.63, 3.8) is 0 Å². The van der Waals surface area contributed by atoms with E-state index in [4.69, 9.17) is 9.97 Å². The van der Waals surface area contributed by atoms with Crippen LogP contribution in [-0.4, -0.2) is 130 Å². The summed E-state index contributed by atoms with van der Waals surface area (Å²) in [6, 6.07) is 15.1. The zero-order chi connectivity index (χ0) is 58.8. The first-order valence-corrected chi connectivity index (χ1v) is 32.3. The second-order valence-electron chi connectivity index (χ2n) is 23.1. The smallest absolute Gasteiger partial charge is 0.247 e. The number of carbonyl (C=O) groups excluding carboxylic acids is 8. The summed E-state index contributed by atoms with van der Waals surface area (Å²) in [7, 11) is 3.42. The molecule has 2 aromatic heterocycles. The standard InChI is InChI=1S/C63H86N10O8S2/c1-40(64-3)54(76)66-52(44-30-18-12-19-31-44)62(80)72-38-24-34-46(72)56(78)70-60-50(42-26-14-10-15-27-42)68-58(82-60)48(74)36-22-8-6-5-7-9-23-37-49(75)59-69-51(43-28-16-11-17-29-43)61(83-59)71-57(79)47-35-25-39-73(47)63(81)53(45-32-20-13-21-33-45)67-55(77)41(2)65-4/h10-11,14-17,26-29,40-41,44-47,52-53,64-65H,5-9,12-13,18-25,30-39H2,1-4H3,(H,66,76)(H,67,77)(H,70,78)(H,71,79)/t40-,41-,46-,47-,52-,53-/m0/s1. The van der Waals surface area contributed by atoms with Gasteiger partial charge in [0.15, 0.2) is 21.6 Å². The summed E-state index contributed by atoms with van der Waals surface area (Å²) in [4.78, 5) is 124. The Morgan fingerprint density at radius 2 is 0.855 bits per heavy atom. The van der Waals surface area contributed by atoms with Crippen LogP contribution in [0.15, 0.2) is 60.7 Å². The number of likely N-dealkylation sites (tertiary alicyclic amines) is 2. The van der Waals surface area contributed by atoms with Crippen molar-refractivity contribution in [2.24, 2.45) is 11.8 Å². The molecule has 2 aliphatic heterocycles. The highest BCUT2D eigenvalue weighted by Crippen LogP contribution is 2.38. The van der Waals surface area contributed by atoms with E-state index in [-0.39, 0.29) is 58.8 Å². The lowest BCUT2D eigenvalue weighted by molar-refractivity contribution is -0.142. The predicted molar refractivity (Wildman–Crippen MR) is 326 cm³/mol. The summed E-state index contributed by atoms with van der Waals surface area (Å²) in [5.41, 5.74) is 2.55. The van der Waals surface area contributed by atoms with Crippen molar-refractivity contribution in [1.82, 2.24) is 41.0 Å². The van der Waals surface area contributed by atoms with Crippen LogP contribution < -0.4 is 31.9 Å². The molecule has 0 bridgehead atoms. The Bertz CT molecular complexity index is 2660. The molecule has 83 heavy (non-hydrogen) atoms. The maximum absolute atomic E-state index is 14.3. The van der Waals surface area contributed by atoms with Gasteiger partial charge in [-0.25, -0.2) is 9.97 Å². The SMILES string of the molecule is CN[C@@H](C)C(=O)N[C@H](C(=O)N1CCC[C@H]1C(=O)Nc1sc(C(=O)CCCCCCCCCC(=O)c2nc(-c3ccccc3)c(NC(=O)[C@@H]3CCCN3C(=O)[C@@H](NC(=O)[C@H](C)NC)C3CCCCC3)s2)nc1-c1ccccc1)C1CCCCC1. The molecule has 0 radical (unpaired) electrons. The Hall–Kier alpha value is -6.22. The van der Waals surface area contributed by atoms with E-state index in [1.807, 2.05) is 60.7 Å². The molecule has 20 heteroatoms. The van der Waals surface area contributed by atoms with Crippen LogP contribution in [0.3, 0.4) is 0 Å². The van der Waals surface area contributed by atoms with Crippen LogP contribution in [-0.2, 0) is 28.8 Å². The summed E-state index contributed by atoms with van der Waals surface area (Å²) < 4.78 is 0. The van der Waals surface area contributed by atoms with Crippen molar-refractivity contribution < 1.29 is 38.4 Å². The first kappa shape index (κ1) is 62.8. The highest BCUT2D eigenvalue weighted by Gasteiger charge is 2.43. The molecular formula is C63H86N10O8S2. The van der Waals surface area contributed by atoms with Gasteiger partial charge in [0.1, 0.15) is 45.6 Å². The van der Waals surface area contributed by atoms with Crippen molar-refractivity contribution >= 4 is 79.7 Å². The van der Waals surface area contributed by atoms with Gasteiger partial charge in [0.2, 0.25) is 35.4 Å². The third-order valence-corrected chi connectivity index (χ3v) is 19.3. The number of unbranched alkanes of at least 4 members (excludes halogenated alkanes) is 6. The average Bonchev–Trinajstić information content (AvgIpc) is 4.56. The fraction of sp³-hybridized carbons (Fsp3) is 0.587. The minimum Gasteiger partial charge on any atom is -0.343 e. The second kappa shape index (κ2) is 31.1. The number of carbonyl (C=O) groups is 8. The predicted octanol–water partition coefficient (Wildman–Crippen LogP) is 9.72. The van der Waals surface area contributed by atoms with E-state index in [2.05, 4.69) is 31.9 Å². The van der Waals surface area contributed by atoms with E-state index in [1.165, 1.54) is 0 Å². The summed E-state index contributed by atoms with van der Waals surface area (Å²) in [5, 5.41) is 19.7. The number of nitrogens with one attached hydrogen (secondary N) is 6. The van der Waals surface area contributed by atoms with Crippen molar-refractivity contribution in [1.29, 1.82) is 0 Å². The molecular weight excluding hydrogens is 1090 g/mol. The molecule has 8 rings (SSSR count). The van der Waals surface area contributed by atoms with Crippen molar-refractivity contribution in [3.8, 4) is 22.5 Å². The van der Waals surface area contributed by atoms with E-state index in [0.717, 1.165) is 130 Å². The number of thiazole rings is 2. The topological polar surface area (TPSA) is 241 Å². The normalized spacial score (nSPS) is 19.1. The molecule has 4 heterocycles. The maximum Gasteiger partial charge on any atom is 0.247 e. The zero-order valence-electron chi connectivity index (χ0n) is 48.9. The zero-order valence-corrected chi connectivity index (χ0v) is 50.6. The number of Topliss-reactive ketones (excluding diaryl/α,β-unsaturated/α-hetero) is 2. The first-order chi connectivity index (χ1) is 40.3. The van der Waals surface area contributed by atoms with Crippen molar-refractivity contribution in [3.05, 3.63) is 70.7 Å². The largest absolute Gasteiger partial charge is 0.343 e. The summed E-state index contributed by atoms with van der Waals surface area (Å²) in [6.07, 6.45) is 18.3. The molecule has 6 atom stereocenters. The quantitative estimate of drug-likeness (QED) is 0.0230. The van der Waals surface area contributed by atoms with Crippen LogP contribution in [0.5, 0.6) is 0 Å². The van der Waals surface area contributed by atoms with Gasteiger partial charge >= 0.3 is 0 Å². The van der Waals surface area contributed by atoms with E-state index in [0.29, 0.717) is 95.9 Å². The number of aromatic nitrogens is 2. The lowest BCUT2D eigenvalue weighted by atomic mass is 9.83. The highest BCUT2D eigenvalue weighted by molar-refractivity contribution is 7.18. The number of hydrogen-bond donors (Lipinski definition) is 6. The number of nitrogens with zero attached hydrogens (tertiary/aromatic N) is 4. The molecule has 4 aliphatic rings. The molecule has 6 N–H and O–H groups in total. The maximum atomic E-state index is 14.3. The number of rotatable bonds is 28. The summed E-state index contributed by atoms with van der Waals surface area (Å²) in [5.74, 6) is -1.79. The molecule has 4 fully saturated rings. The summed E-state index contributed by atoms with van der Waals surface area (Å²) >= 11 is 2.32. The van der Waals surface area contributed by atoms with Gasteiger partial charge in [-0.2, -0.15) is 0 Å². The van der Waals surface area contributed by atoms with E-state index < -0.39 is 36.3 Å². The Morgan fingerprint density at radius 3 is 1.22 bits per heavy atom. The van der Waals surface area contributed by atoms with Gasteiger partial charge in [0, 0.05) is 37.1 Å². The van der Waals surface area contributed by atoms with Gasteiger partial charge < -0.3 is 41.7 Å². The third-order valence-electron chi connectivity index (χ3n) is 17.3. The number of likely N-dealkylation sites (N-methyl/N-ethyl adjacent to an activating group) is 2. The molecule has 4 aromatic rings. The average molecular weight is 1180 g/mol. The van der Waals surface area contributed by atoms with E-state index in [1.54, 1.807) is 37.7 Å². The number of hydrogen-bond acceptors (Lipinski definition) is 14. The Balaban J connectivity index is 0.807. The number of benzene rings is 2. The number of amides is 6. The van der Waals surface area contributed by atoms with E-state index >= 15 is 0 Å². The molecule has 2 aromatic carbocycles. The fourth-order valence-corrected chi connectivity index (χ4v) is 14.1. The van der Waals surface area contributed by atoms with Gasteiger partial charge in [0.05, 0.1) is 12.1 Å². The summed E-state index contributed by atoms with van der Waals surface area (Å²) in [6.45, 7) is 4.35. The van der Waals surface area contributed by atoms with Crippen molar-refractivity contribution in [2.75, 3.05) is 37.8 Å². The second-order valence-corrected chi connectivity index (χ2v) is 25.1. The van der Waals surface area contributed by atoms with E-state index in [9.17, 15) is 38.4 Å². The molecule has 18 nitrogen and oxygen atoms in total. The number of ketones is 2. The Kier molecular flexibility index (Phi) is 23.5. The molecule has 448 valence electrons. The monoisotopic (exact) mass is 1170 g/mol. The molecule has 2 saturated carbocycles. The van der Waals surface area contributed by atoms with Crippen LogP contribution in [0.4, 0.5) is 10.0 Å². The van der Waals surface area contributed by atoms with Crippen LogP contribution in [0.2, 0.25) is 0 Å². The van der Waals surface area contributed by atoms with Crippen LogP contribution in [0, 0.1) is 11.8 Å². The molecule has 0 unspecified atom stereocenters. The van der Waals surface area contributed by atoms with Gasteiger partial charge in [-0.1, -0.05) is 154 Å². The fourth-order valence-electron chi connectivity index (χ4n) is 12.2. The molecule has 6 amide bonds. The molecule has 0 spiro atoms. The van der Waals surface area contributed by atoms with Crippen LogP contribution in [0.1, 0.15) is 181 Å². The van der Waals surface area contributed by atoms with Gasteiger partial charge in [0.25, 0.3) is 0 Å². The van der Waals surface area contributed by atoms with Crippen LogP contribution >= 0.6 is 22.7 Å². The van der Waals surface area contributed by atoms with Gasteiger partial charge in [-0.3, -0.25) is 38.4 Å². The van der Waals surface area contributed by atoms with Gasteiger partial charge in [-0.15, -0.1) is 0 Å². The van der Waals surface area contributed by atoms with Crippen molar-refractivity contribution in [2.45, 2.75) is 198 Å². The Labute approximate surface area is 497 Å². The first-order valence-electron chi connectivity index (χ1n) is 30.6. The minimum absolute atomic E-state index is 0.000334. The van der Waals surface area contributed by atoms with Gasteiger partial charge in [-0.05, 0) is 104 Å². The highest BCUT2D eigenvalue weighted by atomic mass is 32.1. The lowest BCUT2D eigenvalue weighted by Gasteiger charge is -2.35. The Morgan fingerprint density at radius 1 is 0.494 bits per heavy atom. The lowest BCUT2D eigenvalue weighted by Crippen LogP contribution is -2.57. The van der Waals surface area contributed by atoms with Crippen LogP contribution in [0.25, 0.3) is 22.5 Å². The molecule has 2 saturated heterocycles. The number of anilines is 2. The third kappa shape index (κ3) is 16.6. The minimum atomic E-state index is -0.728. The molecule has 2 aliphatic carbocycles.